The van der Waals surface area contributed by atoms with Gasteiger partial charge < -0.3 is 0 Å². The van der Waals surface area contributed by atoms with E-state index in [1.165, 1.54) is 0 Å². The zero-order valence-corrected chi connectivity index (χ0v) is 14.6. The molecule has 6 heteroatoms. The summed E-state index contributed by atoms with van der Waals surface area (Å²) in [7, 11) is 0. The van der Waals surface area contributed by atoms with E-state index in [1.807, 2.05) is 18.2 Å². The first-order chi connectivity index (χ1) is 14.0. The van der Waals surface area contributed by atoms with Crippen LogP contribution in [0.1, 0.15) is 27.0 Å². The Hall–Kier alpha value is -3.98. The molecule has 1 aromatic heterocycles. The lowest BCUT2D eigenvalue weighted by Crippen LogP contribution is -2.04. The van der Waals surface area contributed by atoms with Gasteiger partial charge >= 0.3 is 0 Å². The number of fused-ring (bicyclic) bond motifs is 4. The van der Waals surface area contributed by atoms with Crippen LogP contribution in [0.2, 0.25) is 0 Å². The molecule has 0 atom stereocenters. The molecule has 3 nitrogen and oxygen atoms in total. The number of hydrogen-bond donors (Lipinski definition) is 0. The molecule has 0 radical (unpaired) electrons. The van der Waals surface area contributed by atoms with Gasteiger partial charge in [-0.3, -0.25) is 9.78 Å². The van der Waals surface area contributed by atoms with Crippen LogP contribution in [0.25, 0.3) is 22.4 Å². The molecule has 0 amide bonds. The SMILES string of the molecule is N#C/C=C1/C(=C2\c3ccccc3-c3ncccc32)C(=O)c2c1cc(F)c(F)c2F. The maximum Gasteiger partial charge on any atom is 0.198 e. The Morgan fingerprint density at radius 2 is 1.62 bits per heavy atom. The fraction of sp³-hybridized carbons (Fsp3) is 0. The molecule has 0 saturated carbocycles. The first-order valence-corrected chi connectivity index (χ1v) is 8.66. The van der Waals surface area contributed by atoms with Crippen LogP contribution in [0, 0.1) is 28.8 Å². The van der Waals surface area contributed by atoms with Crippen molar-refractivity contribution in [2.45, 2.75) is 0 Å². The lowest BCUT2D eigenvalue weighted by molar-refractivity contribution is 0.103. The van der Waals surface area contributed by atoms with E-state index in [1.54, 1.807) is 30.5 Å². The van der Waals surface area contributed by atoms with Gasteiger partial charge in [-0.1, -0.05) is 30.3 Å². The number of benzene rings is 2. The highest BCUT2D eigenvalue weighted by Gasteiger charge is 2.40. The predicted molar refractivity (Wildman–Crippen MR) is 99.9 cm³/mol. The van der Waals surface area contributed by atoms with E-state index in [0.29, 0.717) is 22.4 Å². The predicted octanol–water partition coefficient (Wildman–Crippen LogP) is 5.08. The van der Waals surface area contributed by atoms with Crippen molar-refractivity contribution in [3.63, 3.8) is 0 Å². The Morgan fingerprint density at radius 1 is 0.897 bits per heavy atom. The second-order valence-electron chi connectivity index (χ2n) is 6.62. The summed E-state index contributed by atoms with van der Waals surface area (Å²) >= 11 is 0. The third-order valence-electron chi connectivity index (χ3n) is 5.16. The third kappa shape index (κ3) is 2.18. The summed E-state index contributed by atoms with van der Waals surface area (Å²) in [5.74, 6) is -5.48. The van der Waals surface area contributed by atoms with E-state index in [4.69, 9.17) is 0 Å². The summed E-state index contributed by atoms with van der Waals surface area (Å²) in [4.78, 5) is 17.6. The molecule has 29 heavy (non-hydrogen) atoms. The van der Waals surface area contributed by atoms with Crippen LogP contribution in [-0.4, -0.2) is 10.8 Å². The van der Waals surface area contributed by atoms with Crippen LogP contribution < -0.4 is 0 Å². The molecule has 1 heterocycles. The molecule has 0 aliphatic heterocycles. The molecule has 2 aliphatic rings. The summed E-state index contributed by atoms with van der Waals surface area (Å²) in [5, 5.41) is 9.25. The standard InChI is InChI=1S/C23H9F3N2O/c24-16-10-15-12(7-8-27)18(23(29)19(15)21(26)20(16)25)17-11-4-1-2-5-13(11)22-14(17)6-3-9-28-22/h1-7,9-10H/b12-7+,18-17-. The molecule has 0 spiro atoms. The summed E-state index contributed by atoms with van der Waals surface area (Å²) in [6, 6.07) is 13.3. The van der Waals surface area contributed by atoms with E-state index >= 15 is 0 Å². The lowest BCUT2D eigenvalue weighted by atomic mass is 9.93. The van der Waals surface area contributed by atoms with E-state index in [0.717, 1.165) is 17.7 Å². The van der Waals surface area contributed by atoms with Gasteiger partial charge in [-0.05, 0) is 17.7 Å². The number of rotatable bonds is 0. The smallest absolute Gasteiger partial charge is 0.198 e. The van der Waals surface area contributed by atoms with Crippen LogP contribution in [-0.2, 0) is 0 Å². The molecular formula is C23H9F3N2O. The van der Waals surface area contributed by atoms with E-state index in [-0.39, 0.29) is 16.7 Å². The molecule has 0 fully saturated rings. The van der Waals surface area contributed by atoms with Gasteiger partial charge in [0.1, 0.15) is 0 Å². The van der Waals surface area contributed by atoms with Gasteiger partial charge in [0, 0.05) is 45.7 Å². The highest BCUT2D eigenvalue weighted by Crippen LogP contribution is 2.50. The minimum absolute atomic E-state index is 0.0321. The van der Waals surface area contributed by atoms with Crippen molar-refractivity contribution in [1.82, 2.24) is 4.98 Å². The number of carbonyl (C=O) groups is 1. The largest absolute Gasteiger partial charge is 0.288 e. The number of carbonyl (C=O) groups excluding carboxylic acids is 1. The maximum atomic E-state index is 14.5. The maximum absolute atomic E-state index is 14.5. The summed E-state index contributed by atoms with van der Waals surface area (Å²) in [5.41, 5.74) is 2.60. The minimum Gasteiger partial charge on any atom is -0.288 e. The topological polar surface area (TPSA) is 53.8 Å². The number of nitrogens with zero attached hydrogens (tertiary/aromatic N) is 2. The quantitative estimate of drug-likeness (QED) is 0.240. The zero-order chi connectivity index (χ0) is 20.3. The molecule has 2 aliphatic carbocycles. The lowest BCUT2D eigenvalue weighted by Gasteiger charge is -2.08. The van der Waals surface area contributed by atoms with Crippen LogP contribution in [0.3, 0.4) is 0 Å². The molecule has 5 rings (SSSR count). The van der Waals surface area contributed by atoms with Crippen molar-refractivity contribution < 1.29 is 18.0 Å². The third-order valence-corrected chi connectivity index (χ3v) is 5.16. The Bertz CT molecular complexity index is 1320. The Balaban J connectivity index is 1.93. The second kappa shape index (κ2) is 6.01. The summed E-state index contributed by atoms with van der Waals surface area (Å²) in [6.45, 7) is 0. The Kier molecular flexibility index (Phi) is 3.55. The number of ketones is 1. The first kappa shape index (κ1) is 17.1. The molecule has 0 unspecified atom stereocenters. The fourth-order valence-electron chi connectivity index (χ4n) is 4.02. The number of aromatic nitrogens is 1. The highest BCUT2D eigenvalue weighted by atomic mass is 19.2. The number of pyridine rings is 1. The molecule has 0 saturated heterocycles. The van der Waals surface area contributed by atoms with Gasteiger partial charge in [0.2, 0.25) is 0 Å². The van der Waals surface area contributed by atoms with Gasteiger partial charge in [0.25, 0.3) is 0 Å². The molecule has 138 valence electrons. The second-order valence-corrected chi connectivity index (χ2v) is 6.62. The van der Waals surface area contributed by atoms with Crippen LogP contribution in [0.4, 0.5) is 13.2 Å². The number of hydrogen-bond acceptors (Lipinski definition) is 3. The van der Waals surface area contributed by atoms with Crippen molar-refractivity contribution in [2.75, 3.05) is 0 Å². The van der Waals surface area contributed by atoms with Crippen molar-refractivity contribution in [3.8, 4) is 17.3 Å². The summed E-state index contributed by atoms with van der Waals surface area (Å²) in [6.07, 6.45) is 2.67. The highest BCUT2D eigenvalue weighted by molar-refractivity contribution is 6.32. The van der Waals surface area contributed by atoms with E-state index in [9.17, 15) is 23.2 Å². The van der Waals surface area contributed by atoms with Crippen molar-refractivity contribution in [1.29, 1.82) is 5.26 Å². The minimum atomic E-state index is -1.71. The van der Waals surface area contributed by atoms with Gasteiger partial charge in [-0.15, -0.1) is 0 Å². The number of nitriles is 1. The molecule has 0 N–H and O–H groups in total. The molecule has 2 aromatic carbocycles. The van der Waals surface area contributed by atoms with Crippen molar-refractivity contribution in [3.05, 3.63) is 100 Å². The van der Waals surface area contributed by atoms with Crippen LogP contribution in [0.15, 0.2) is 60.3 Å². The average Bonchev–Trinajstić information content (AvgIpc) is 3.19. The Morgan fingerprint density at radius 3 is 2.38 bits per heavy atom. The van der Waals surface area contributed by atoms with Crippen molar-refractivity contribution >= 4 is 16.9 Å². The summed E-state index contributed by atoms with van der Waals surface area (Å²) < 4.78 is 42.2. The number of Topliss-reactive ketones (excluding diaryl/α,β-unsaturated/α-hetero) is 1. The van der Waals surface area contributed by atoms with Crippen molar-refractivity contribution in [2.24, 2.45) is 0 Å². The molecular weight excluding hydrogens is 377 g/mol. The van der Waals surface area contributed by atoms with Crippen LogP contribution in [0.5, 0.6) is 0 Å². The van der Waals surface area contributed by atoms with Gasteiger partial charge in [-0.2, -0.15) is 5.26 Å². The normalized spacial score (nSPS) is 17.9. The van der Waals surface area contributed by atoms with Crippen LogP contribution >= 0.6 is 0 Å². The average molecular weight is 386 g/mol. The van der Waals surface area contributed by atoms with E-state index in [2.05, 4.69) is 4.98 Å². The monoisotopic (exact) mass is 386 g/mol. The first-order valence-electron chi connectivity index (χ1n) is 8.66. The molecule has 3 aromatic rings. The van der Waals surface area contributed by atoms with Gasteiger partial charge in [-0.25, -0.2) is 13.2 Å². The van der Waals surface area contributed by atoms with Gasteiger partial charge in [0.05, 0.1) is 17.3 Å². The fourth-order valence-corrected chi connectivity index (χ4v) is 4.02. The number of allylic oxidation sites excluding steroid dienone is 3. The number of halogens is 3. The Labute approximate surface area is 163 Å². The van der Waals surface area contributed by atoms with Gasteiger partial charge in [0.15, 0.2) is 23.2 Å². The zero-order valence-electron chi connectivity index (χ0n) is 14.6. The van der Waals surface area contributed by atoms with E-state index < -0.39 is 28.8 Å². The molecule has 0 bridgehead atoms.